The molecule has 1 atom stereocenters. The van der Waals surface area contributed by atoms with Gasteiger partial charge in [0.05, 0.1) is 6.10 Å². The summed E-state index contributed by atoms with van der Waals surface area (Å²) in [5, 5.41) is 8.70. The molecule has 3 nitrogen and oxygen atoms in total. The second-order valence-corrected chi connectivity index (χ2v) is 7.77. The van der Waals surface area contributed by atoms with Crippen molar-refractivity contribution in [2.24, 2.45) is 0 Å². The van der Waals surface area contributed by atoms with E-state index >= 15 is 0 Å². The molecule has 208 valence electrons. The maximum absolute atomic E-state index is 13.3. The maximum atomic E-state index is 13.3. The van der Waals surface area contributed by atoms with Crippen LogP contribution >= 0.6 is 0 Å². The van der Waals surface area contributed by atoms with E-state index < -0.39 is 0 Å². The molecule has 0 spiro atoms. The van der Waals surface area contributed by atoms with E-state index in [2.05, 4.69) is 6.07 Å². The number of aldehydes is 1. The van der Waals surface area contributed by atoms with Gasteiger partial charge >= 0.3 is 23.1 Å². The third-order valence-electron chi connectivity index (χ3n) is 5.11. The van der Waals surface area contributed by atoms with Crippen molar-refractivity contribution in [3.63, 3.8) is 0 Å². The second-order valence-electron chi connectivity index (χ2n) is 7.77. The van der Waals surface area contributed by atoms with Crippen molar-refractivity contribution in [2.45, 2.75) is 67.9 Å². The third-order valence-corrected chi connectivity index (χ3v) is 5.11. The molecule has 0 bridgehead atoms. The molecule has 38 heavy (non-hydrogen) atoms. The van der Waals surface area contributed by atoms with Gasteiger partial charge in [0.25, 0.3) is 0 Å². The number of carbonyl (C=O) groups excluding carboxylic acids is 1. The molecule has 1 unspecified atom stereocenters. The van der Waals surface area contributed by atoms with E-state index in [1.165, 1.54) is 30.7 Å². The molecule has 1 saturated heterocycles. The molecular weight excluding hydrogens is 570 g/mol. The first-order valence-corrected chi connectivity index (χ1v) is 10.7. The van der Waals surface area contributed by atoms with Crippen molar-refractivity contribution in [1.29, 1.82) is 0 Å². The van der Waals surface area contributed by atoms with Crippen LogP contribution in [0.15, 0.2) is 54.6 Å². The van der Waals surface area contributed by atoms with Gasteiger partial charge in [0.1, 0.15) is 23.7 Å². The van der Waals surface area contributed by atoms with Gasteiger partial charge in [0.15, 0.2) is 0 Å². The van der Waals surface area contributed by atoms with Crippen molar-refractivity contribution < 1.29 is 44.8 Å². The minimum Gasteiger partial charge on any atom is -1.00 e. The summed E-state index contributed by atoms with van der Waals surface area (Å²) >= 11 is 0. The number of rotatable bonds is 3. The van der Waals surface area contributed by atoms with E-state index in [-0.39, 0.29) is 91.6 Å². The van der Waals surface area contributed by atoms with Crippen LogP contribution in [0.4, 0.5) is 13.2 Å². The van der Waals surface area contributed by atoms with Gasteiger partial charge in [-0.2, -0.15) is 18.2 Å². The molecule has 1 N–H and O–H groups in total. The molecule has 0 aromatic heterocycles. The van der Waals surface area contributed by atoms with Crippen LogP contribution in [0.1, 0.15) is 68.6 Å². The van der Waals surface area contributed by atoms with Crippen LogP contribution in [0.25, 0.3) is 0 Å². The Morgan fingerprint density at radius 3 is 2.03 bits per heavy atom. The van der Waals surface area contributed by atoms with E-state index in [4.69, 9.17) is 9.84 Å². The molecule has 8 heteroatoms. The van der Waals surface area contributed by atoms with Crippen LogP contribution in [0.5, 0.6) is 5.75 Å². The zero-order valence-corrected chi connectivity index (χ0v) is 22.9. The molecule has 0 radical (unpaired) electrons. The normalized spacial score (nSPS) is 12.9. The summed E-state index contributed by atoms with van der Waals surface area (Å²) in [7, 11) is 0. The predicted octanol–water partition coefficient (Wildman–Crippen LogP) is 5.06. The molecule has 1 aliphatic heterocycles. The molecule has 1 aliphatic rings. The average molecular weight is 610 g/mol. The maximum Gasteiger partial charge on any atom is 2.00 e. The minimum atomic E-state index is -0.366. The Bertz CT molecular complexity index is 1050. The fraction of sp³-hybridized carbons (Fsp3) is 0.367. The molecule has 0 aliphatic carbocycles. The van der Waals surface area contributed by atoms with Gasteiger partial charge in [-0.3, -0.25) is 9.18 Å². The smallest absolute Gasteiger partial charge is 1.00 e. The Kier molecular flexibility index (Phi) is 26.2. The molecule has 4 rings (SSSR count). The fourth-order valence-electron chi connectivity index (χ4n) is 3.09. The number of phenolic OH excluding ortho intramolecular Hbond substituents is 1. The number of benzene rings is 3. The topological polar surface area (TPSA) is 46.5 Å². The van der Waals surface area contributed by atoms with Gasteiger partial charge in [-0.05, 0) is 62.8 Å². The molecule has 3 aromatic rings. The Labute approximate surface area is 253 Å². The first kappa shape index (κ1) is 43.2. The number of aromatic hydroxyl groups is 1. The van der Waals surface area contributed by atoms with Gasteiger partial charge in [0, 0.05) is 24.1 Å². The van der Waals surface area contributed by atoms with Crippen LogP contribution in [0.2, 0.25) is 0 Å². The Morgan fingerprint density at radius 1 is 0.947 bits per heavy atom. The van der Waals surface area contributed by atoms with Crippen LogP contribution in [-0.4, -0.2) is 47.2 Å². The third kappa shape index (κ3) is 15.5. The van der Waals surface area contributed by atoms with E-state index in [0.717, 1.165) is 31.1 Å². The summed E-state index contributed by atoms with van der Waals surface area (Å²) in [5.74, 6) is -0.889. The Hall–Kier alpha value is -1.87. The summed E-state index contributed by atoms with van der Waals surface area (Å²) in [4.78, 5) is 10.1. The van der Waals surface area contributed by atoms with Crippen LogP contribution in [0.3, 0.4) is 0 Å². The Morgan fingerprint density at radius 2 is 1.55 bits per heavy atom. The quantitative estimate of drug-likeness (QED) is 0.257. The molecule has 1 fully saturated rings. The van der Waals surface area contributed by atoms with Gasteiger partial charge in [-0.15, -0.1) is 11.6 Å². The van der Waals surface area contributed by atoms with Gasteiger partial charge in [0.2, 0.25) is 0 Å². The van der Waals surface area contributed by atoms with Crippen molar-refractivity contribution >= 4 is 29.3 Å². The summed E-state index contributed by atoms with van der Waals surface area (Å²) in [6, 6.07) is 16.1. The monoisotopic (exact) mass is 608 g/mol. The summed E-state index contributed by atoms with van der Waals surface area (Å²) < 4.78 is 43.8. The molecular formula is C30H40BrF3MgO3. The fourth-order valence-corrected chi connectivity index (χ4v) is 3.09. The van der Waals surface area contributed by atoms with Gasteiger partial charge in [-0.25, -0.2) is 8.78 Å². The number of phenols is 1. The first-order valence-electron chi connectivity index (χ1n) is 10.7. The van der Waals surface area contributed by atoms with Crippen molar-refractivity contribution in [2.75, 3.05) is 6.61 Å². The summed E-state index contributed by atoms with van der Waals surface area (Å²) in [6.45, 7) is 4.13. The standard InChI is InChI=1S/C12H14FO.C8H7FO.C7H7FO.3CH4.BrH.Mg/c13-12-7-2-1-5-10(12)9-11-6-3-4-8-14-11;1-6-2-3-7(5-10)4-8(6)9;1-5-2-3-6(9)4-7(5)8;;;;;/h1,5,7,11H,3-4,6,8-9H2;2-5H,1H3;2-4,9H,1H3;3*1H4;1H;/q-1;;;;;;;+2/p-1. The van der Waals surface area contributed by atoms with Crippen molar-refractivity contribution in [3.8, 4) is 5.75 Å². The average Bonchev–Trinajstić information content (AvgIpc) is 2.81. The minimum absolute atomic E-state index is 0. The SMILES string of the molecule is C.C.C.Cc1ccc(C=O)cc1F.Cc1ccc(O)cc1F.Fc1c[c-]ccc1CC1CCCCO1.[Br-].[Mg+2]. The molecule has 3 aromatic carbocycles. The van der Waals surface area contributed by atoms with Crippen molar-refractivity contribution in [1.82, 2.24) is 0 Å². The number of halogens is 4. The Balaban J connectivity index is -0.000000220. The van der Waals surface area contributed by atoms with Crippen molar-refractivity contribution in [3.05, 3.63) is 100 Å². The van der Waals surface area contributed by atoms with E-state index in [0.29, 0.717) is 29.4 Å². The number of hydrogen-bond donors (Lipinski definition) is 1. The molecule has 0 saturated carbocycles. The molecule has 0 amide bonds. The largest absolute Gasteiger partial charge is 2.00 e. The summed E-state index contributed by atoms with van der Waals surface area (Å²) in [5.41, 5.74) is 2.23. The van der Waals surface area contributed by atoms with Crippen LogP contribution in [0, 0.1) is 37.4 Å². The van der Waals surface area contributed by atoms with Crippen LogP contribution < -0.4 is 17.0 Å². The van der Waals surface area contributed by atoms with E-state index in [9.17, 15) is 18.0 Å². The second kappa shape index (κ2) is 23.1. The predicted molar refractivity (Wildman–Crippen MR) is 148 cm³/mol. The molecule has 1 heterocycles. The van der Waals surface area contributed by atoms with Gasteiger partial charge in [-0.1, -0.05) is 40.5 Å². The zero-order chi connectivity index (χ0) is 24.2. The number of carbonyl (C=O) groups is 1. The van der Waals surface area contributed by atoms with Crippen LogP contribution in [-0.2, 0) is 11.2 Å². The summed E-state index contributed by atoms with van der Waals surface area (Å²) in [6.07, 6.45) is 4.93. The van der Waals surface area contributed by atoms with E-state index in [1.807, 2.05) is 0 Å². The zero-order valence-electron chi connectivity index (χ0n) is 19.9. The number of aryl methyl sites for hydroxylation is 2. The number of ether oxygens (including phenoxy) is 1. The van der Waals surface area contributed by atoms with E-state index in [1.54, 1.807) is 38.1 Å². The number of hydrogen-bond acceptors (Lipinski definition) is 3. The van der Waals surface area contributed by atoms with Gasteiger partial charge < -0.3 is 26.8 Å². The first-order chi connectivity index (χ1) is 15.8.